The van der Waals surface area contributed by atoms with Crippen molar-refractivity contribution in [1.29, 1.82) is 0 Å². The number of carbonyl (C=O) groups excluding carboxylic acids is 1. The van der Waals surface area contributed by atoms with Crippen LogP contribution in [0.2, 0.25) is 0 Å². The summed E-state index contributed by atoms with van der Waals surface area (Å²) >= 11 is 1.84. The Morgan fingerprint density at radius 1 is 1.17 bits per heavy atom. The number of thioether (sulfide) groups is 1. The predicted molar refractivity (Wildman–Crippen MR) is 98.6 cm³/mol. The first-order chi connectivity index (χ1) is 11.7. The van der Waals surface area contributed by atoms with Gasteiger partial charge in [-0.15, -0.1) is 0 Å². The number of fused-ring (bicyclic) bond motifs is 1. The number of rotatable bonds is 1. The normalized spacial score (nSPS) is 21.2. The van der Waals surface area contributed by atoms with Gasteiger partial charge in [0.25, 0.3) is 5.91 Å². The van der Waals surface area contributed by atoms with Crippen LogP contribution in [0.15, 0.2) is 41.5 Å². The molecule has 4 rings (SSSR count). The van der Waals surface area contributed by atoms with Gasteiger partial charge in [0.15, 0.2) is 5.17 Å². The molecule has 0 radical (unpaired) electrons. The molecule has 0 N–H and O–H groups in total. The second-order valence-corrected chi connectivity index (χ2v) is 7.62. The number of carbonyl (C=O) groups is 1. The van der Waals surface area contributed by atoms with Crippen LogP contribution in [0.4, 0.5) is 0 Å². The first-order valence-electron chi connectivity index (χ1n) is 8.31. The van der Waals surface area contributed by atoms with Crippen molar-refractivity contribution in [2.75, 3.05) is 32.7 Å². The molecule has 0 unspecified atom stereocenters. The van der Waals surface area contributed by atoms with Gasteiger partial charge in [0.05, 0.1) is 6.54 Å². The summed E-state index contributed by atoms with van der Waals surface area (Å²) in [5, 5.41) is 3.69. The Morgan fingerprint density at radius 2 is 1.96 bits per heavy atom. The van der Waals surface area contributed by atoms with Gasteiger partial charge in [0.1, 0.15) is 5.69 Å². The maximum atomic E-state index is 12.9. The van der Waals surface area contributed by atoms with Crippen LogP contribution < -0.4 is 0 Å². The van der Waals surface area contributed by atoms with E-state index in [9.17, 15) is 4.79 Å². The second-order valence-electron chi connectivity index (χ2n) is 6.21. The number of aromatic nitrogens is 1. The number of hydrogen-bond acceptors (Lipinski definition) is 5. The van der Waals surface area contributed by atoms with Gasteiger partial charge in [0, 0.05) is 43.0 Å². The minimum Gasteiger partial charge on any atom is -0.348 e. The number of benzene rings is 1. The van der Waals surface area contributed by atoms with E-state index in [2.05, 4.69) is 21.8 Å². The van der Waals surface area contributed by atoms with Crippen LogP contribution in [0.5, 0.6) is 0 Å². The summed E-state index contributed by atoms with van der Waals surface area (Å²) in [7, 11) is 0. The van der Waals surface area contributed by atoms with Crippen molar-refractivity contribution >= 4 is 33.6 Å². The van der Waals surface area contributed by atoms with Gasteiger partial charge in [0.2, 0.25) is 0 Å². The molecule has 124 valence electrons. The van der Waals surface area contributed by atoms with E-state index in [0.717, 1.165) is 48.7 Å². The lowest BCUT2D eigenvalue weighted by Gasteiger charge is -2.35. The van der Waals surface area contributed by atoms with E-state index < -0.39 is 0 Å². The summed E-state index contributed by atoms with van der Waals surface area (Å²) in [5.41, 5.74) is 0.558. The lowest BCUT2D eigenvalue weighted by Crippen LogP contribution is -2.50. The van der Waals surface area contributed by atoms with Crippen molar-refractivity contribution in [2.45, 2.75) is 12.2 Å². The van der Waals surface area contributed by atoms with Gasteiger partial charge >= 0.3 is 0 Å². The Labute approximate surface area is 145 Å². The maximum Gasteiger partial charge on any atom is 0.273 e. The summed E-state index contributed by atoms with van der Waals surface area (Å²) < 4.78 is 0. The summed E-state index contributed by atoms with van der Waals surface area (Å²) in [6, 6.07) is 9.87. The molecule has 5 nitrogen and oxygen atoms in total. The van der Waals surface area contributed by atoms with Crippen molar-refractivity contribution in [3.05, 3.63) is 42.2 Å². The van der Waals surface area contributed by atoms with Crippen LogP contribution in [0, 0.1) is 0 Å². The number of aliphatic imine (C=N–C) groups is 1. The number of amidine groups is 1. The molecule has 2 aliphatic heterocycles. The largest absolute Gasteiger partial charge is 0.348 e. The standard InChI is InChI=1S/C18H20N4OS/c1-13-12-20-18(24-13)22-10-8-21(9-11-22)17(23)16-15-5-3-2-4-14(15)6-7-19-16/h2-7,13H,8-12H2,1H3/t13-/m0/s1. The lowest BCUT2D eigenvalue weighted by molar-refractivity contribution is 0.0690. The minimum atomic E-state index is 0.0285. The molecule has 2 aromatic rings. The molecule has 1 aromatic carbocycles. The summed E-state index contributed by atoms with van der Waals surface area (Å²) in [5.74, 6) is 0.0285. The summed E-state index contributed by atoms with van der Waals surface area (Å²) in [4.78, 5) is 26.1. The first kappa shape index (κ1) is 15.4. The number of piperazine rings is 1. The van der Waals surface area contributed by atoms with Crippen molar-refractivity contribution in [1.82, 2.24) is 14.8 Å². The van der Waals surface area contributed by atoms with Crippen molar-refractivity contribution < 1.29 is 4.79 Å². The van der Waals surface area contributed by atoms with E-state index in [-0.39, 0.29) is 5.91 Å². The van der Waals surface area contributed by atoms with E-state index in [0.29, 0.717) is 10.9 Å². The quantitative estimate of drug-likeness (QED) is 0.800. The second kappa shape index (κ2) is 6.43. The zero-order chi connectivity index (χ0) is 16.5. The van der Waals surface area contributed by atoms with E-state index in [1.807, 2.05) is 47.0 Å². The van der Waals surface area contributed by atoms with Crippen LogP contribution >= 0.6 is 11.8 Å². The number of hydrogen-bond donors (Lipinski definition) is 0. The summed E-state index contributed by atoms with van der Waals surface area (Å²) in [6.07, 6.45) is 1.72. The SMILES string of the molecule is C[C@H]1CN=C(N2CCN(C(=O)c3nccc4ccccc34)CC2)S1. The molecular weight excluding hydrogens is 320 g/mol. The zero-order valence-electron chi connectivity index (χ0n) is 13.7. The van der Waals surface area contributed by atoms with E-state index >= 15 is 0 Å². The molecule has 1 atom stereocenters. The Hall–Kier alpha value is -2.08. The number of pyridine rings is 1. The Morgan fingerprint density at radius 3 is 2.71 bits per heavy atom. The molecule has 2 aliphatic rings. The highest BCUT2D eigenvalue weighted by Crippen LogP contribution is 2.24. The van der Waals surface area contributed by atoms with E-state index in [1.165, 1.54) is 0 Å². The number of amides is 1. The molecule has 1 saturated heterocycles. The molecule has 6 heteroatoms. The van der Waals surface area contributed by atoms with Gasteiger partial charge in [-0.25, -0.2) is 0 Å². The molecule has 24 heavy (non-hydrogen) atoms. The molecule has 0 spiro atoms. The Balaban J connectivity index is 1.48. The van der Waals surface area contributed by atoms with E-state index in [1.54, 1.807) is 6.20 Å². The van der Waals surface area contributed by atoms with Gasteiger partial charge in [-0.3, -0.25) is 14.8 Å². The fourth-order valence-electron chi connectivity index (χ4n) is 3.18. The van der Waals surface area contributed by atoms with Crippen LogP contribution in [-0.4, -0.2) is 63.8 Å². The fraction of sp³-hybridized carbons (Fsp3) is 0.389. The molecule has 1 amide bonds. The molecule has 0 aliphatic carbocycles. The third kappa shape index (κ3) is 2.86. The van der Waals surface area contributed by atoms with E-state index in [4.69, 9.17) is 0 Å². The van der Waals surface area contributed by atoms with Crippen LogP contribution in [-0.2, 0) is 0 Å². The third-order valence-corrected chi connectivity index (χ3v) is 5.65. The maximum absolute atomic E-state index is 12.9. The fourth-order valence-corrected chi connectivity index (χ4v) is 4.17. The first-order valence-corrected chi connectivity index (χ1v) is 9.19. The third-order valence-electron chi connectivity index (χ3n) is 4.50. The number of nitrogens with zero attached hydrogens (tertiary/aromatic N) is 4. The molecule has 1 fully saturated rings. The van der Waals surface area contributed by atoms with Crippen LogP contribution in [0.3, 0.4) is 0 Å². The van der Waals surface area contributed by atoms with Crippen molar-refractivity contribution in [3.63, 3.8) is 0 Å². The topological polar surface area (TPSA) is 48.8 Å². The molecule has 3 heterocycles. The highest BCUT2D eigenvalue weighted by Gasteiger charge is 2.28. The van der Waals surface area contributed by atoms with Gasteiger partial charge < -0.3 is 9.80 Å². The molecule has 1 aromatic heterocycles. The van der Waals surface area contributed by atoms with Crippen molar-refractivity contribution in [2.24, 2.45) is 4.99 Å². The Bertz CT molecular complexity index is 793. The molecule has 0 bridgehead atoms. The molecular formula is C18H20N4OS. The monoisotopic (exact) mass is 340 g/mol. The minimum absolute atomic E-state index is 0.0285. The lowest BCUT2D eigenvalue weighted by atomic mass is 10.1. The van der Waals surface area contributed by atoms with Gasteiger partial charge in [-0.2, -0.15) is 0 Å². The average Bonchev–Trinajstić information content (AvgIpc) is 3.07. The van der Waals surface area contributed by atoms with Crippen LogP contribution in [0.1, 0.15) is 17.4 Å². The Kier molecular flexibility index (Phi) is 4.14. The summed E-state index contributed by atoms with van der Waals surface area (Å²) in [6.45, 7) is 6.23. The van der Waals surface area contributed by atoms with Gasteiger partial charge in [-0.1, -0.05) is 43.0 Å². The zero-order valence-corrected chi connectivity index (χ0v) is 14.5. The van der Waals surface area contributed by atoms with Crippen LogP contribution in [0.25, 0.3) is 10.8 Å². The smallest absolute Gasteiger partial charge is 0.273 e. The van der Waals surface area contributed by atoms with Gasteiger partial charge in [-0.05, 0) is 11.5 Å². The highest BCUT2D eigenvalue weighted by molar-refractivity contribution is 8.14. The molecule has 0 saturated carbocycles. The highest BCUT2D eigenvalue weighted by atomic mass is 32.2. The predicted octanol–water partition coefficient (Wildman–Crippen LogP) is 2.48. The average molecular weight is 340 g/mol. The van der Waals surface area contributed by atoms with Crippen molar-refractivity contribution in [3.8, 4) is 0 Å².